The Bertz CT molecular complexity index is 1490. The van der Waals surface area contributed by atoms with E-state index < -0.39 is 11.6 Å². The summed E-state index contributed by atoms with van der Waals surface area (Å²) in [6.45, 7) is 4.86. The molecule has 4 aromatic rings. The number of pyridine rings is 1. The maximum Gasteiger partial charge on any atom is 0.258 e. The van der Waals surface area contributed by atoms with Gasteiger partial charge in [0.05, 0.1) is 24.0 Å². The van der Waals surface area contributed by atoms with E-state index in [1.165, 1.54) is 22.6 Å². The highest BCUT2D eigenvalue weighted by Gasteiger charge is 2.30. The Morgan fingerprint density at radius 1 is 1.06 bits per heavy atom. The molecule has 0 N–H and O–H groups in total. The van der Waals surface area contributed by atoms with Gasteiger partial charge < -0.3 is 9.64 Å². The summed E-state index contributed by atoms with van der Waals surface area (Å²) < 4.78 is 38.2. The number of aromatic nitrogens is 4. The molecule has 180 valence electrons. The summed E-state index contributed by atoms with van der Waals surface area (Å²) in [6.07, 6.45) is 7.67. The third-order valence-corrected chi connectivity index (χ3v) is 6.64. The van der Waals surface area contributed by atoms with Gasteiger partial charge in [-0.25, -0.2) is 13.8 Å². The van der Waals surface area contributed by atoms with Crippen molar-refractivity contribution in [2.24, 2.45) is 0 Å². The molecule has 1 aliphatic carbocycles. The maximum atomic E-state index is 14.9. The number of morpholine rings is 1. The van der Waals surface area contributed by atoms with E-state index in [1.807, 2.05) is 23.9 Å². The number of benzene rings is 1. The number of aryl methyl sites for hydroxylation is 1. The number of hydrogen-bond acceptors (Lipinski definition) is 5. The topological polar surface area (TPSA) is 64.7 Å². The van der Waals surface area contributed by atoms with E-state index >= 15 is 0 Å². The quantitative estimate of drug-likeness (QED) is 0.435. The summed E-state index contributed by atoms with van der Waals surface area (Å²) >= 11 is 0. The van der Waals surface area contributed by atoms with E-state index in [0.29, 0.717) is 36.0 Å². The average molecular weight is 478 g/mol. The summed E-state index contributed by atoms with van der Waals surface area (Å²) in [5.41, 5.74) is 2.95. The first-order valence-corrected chi connectivity index (χ1v) is 11.8. The number of rotatable bonds is 4. The second-order valence-electron chi connectivity index (χ2n) is 9.49. The highest BCUT2D eigenvalue weighted by Crippen LogP contribution is 2.37. The summed E-state index contributed by atoms with van der Waals surface area (Å²) in [5.74, 6) is -1.37. The lowest BCUT2D eigenvalue weighted by atomic mass is 10.0. The molecular weight excluding hydrogens is 452 g/mol. The SMILES string of the molecule is Cc1cc(=O)n2cc(N3CC(C)OC(c4cnn(C5CC5)c4)C3)cc(-c3ccc(F)cc3F)c2n1. The average Bonchev–Trinajstić information content (AvgIpc) is 3.54. The Labute approximate surface area is 200 Å². The van der Waals surface area contributed by atoms with Crippen LogP contribution in [0.3, 0.4) is 0 Å². The molecular formula is C26H25F2N5O2. The third kappa shape index (κ3) is 4.10. The van der Waals surface area contributed by atoms with Crippen LogP contribution in [0.2, 0.25) is 0 Å². The van der Waals surface area contributed by atoms with Crippen LogP contribution in [0, 0.1) is 18.6 Å². The largest absolute Gasteiger partial charge is 0.367 e. The minimum Gasteiger partial charge on any atom is -0.367 e. The first kappa shape index (κ1) is 21.9. The van der Waals surface area contributed by atoms with Crippen molar-refractivity contribution in [3.63, 3.8) is 0 Å². The molecule has 35 heavy (non-hydrogen) atoms. The van der Waals surface area contributed by atoms with Crippen molar-refractivity contribution in [2.75, 3.05) is 18.0 Å². The smallest absolute Gasteiger partial charge is 0.258 e. The molecule has 0 radical (unpaired) electrons. The molecule has 1 saturated heterocycles. The molecule has 2 unspecified atom stereocenters. The highest BCUT2D eigenvalue weighted by atomic mass is 19.1. The Morgan fingerprint density at radius 2 is 1.89 bits per heavy atom. The monoisotopic (exact) mass is 477 g/mol. The van der Waals surface area contributed by atoms with Crippen molar-refractivity contribution in [2.45, 2.75) is 44.9 Å². The molecule has 6 rings (SSSR count). The van der Waals surface area contributed by atoms with Gasteiger partial charge in [-0.2, -0.15) is 5.10 Å². The maximum absolute atomic E-state index is 14.9. The van der Waals surface area contributed by atoms with Gasteiger partial charge in [0, 0.05) is 60.0 Å². The van der Waals surface area contributed by atoms with Gasteiger partial charge in [-0.05, 0) is 44.9 Å². The number of fused-ring (bicyclic) bond motifs is 1. The fraction of sp³-hybridized carbons (Fsp3) is 0.346. The molecule has 0 bridgehead atoms. The van der Waals surface area contributed by atoms with Crippen molar-refractivity contribution < 1.29 is 13.5 Å². The Kier molecular flexibility index (Phi) is 5.17. The molecule has 0 amide bonds. The fourth-order valence-corrected chi connectivity index (χ4v) is 4.79. The second kappa shape index (κ2) is 8.27. The highest BCUT2D eigenvalue weighted by molar-refractivity contribution is 5.81. The molecule has 2 atom stereocenters. The van der Waals surface area contributed by atoms with Crippen LogP contribution in [0.25, 0.3) is 16.8 Å². The molecule has 2 fully saturated rings. The van der Waals surface area contributed by atoms with E-state index in [4.69, 9.17) is 4.74 Å². The van der Waals surface area contributed by atoms with Crippen LogP contribution in [-0.2, 0) is 4.74 Å². The molecule has 9 heteroatoms. The molecule has 2 aliphatic rings. The van der Waals surface area contributed by atoms with Crippen LogP contribution >= 0.6 is 0 Å². The van der Waals surface area contributed by atoms with Gasteiger partial charge in [0.1, 0.15) is 23.4 Å². The molecule has 4 heterocycles. The van der Waals surface area contributed by atoms with Crippen LogP contribution in [0.5, 0.6) is 0 Å². The summed E-state index contributed by atoms with van der Waals surface area (Å²) in [5, 5.41) is 4.50. The predicted octanol–water partition coefficient (Wildman–Crippen LogP) is 4.45. The van der Waals surface area contributed by atoms with Crippen LogP contribution < -0.4 is 10.5 Å². The Hall–Kier alpha value is -3.59. The summed E-state index contributed by atoms with van der Waals surface area (Å²) in [4.78, 5) is 19.5. The zero-order chi connectivity index (χ0) is 24.3. The van der Waals surface area contributed by atoms with Gasteiger partial charge in [0.15, 0.2) is 0 Å². The molecule has 0 spiro atoms. The molecule has 1 aliphatic heterocycles. The minimum absolute atomic E-state index is 0.0763. The Balaban J connectivity index is 1.45. The molecule has 3 aromatic heterocycles. The van der Waals surface area contributed by atoms with Crippen LogP contribution in [-0.4, -0.2) is 38.4 Å². The molecule has 7 nitrogen and oxygen atoms in total. The molecule has 1 aromatic carbocycles. The van der Waals surface area contributed by atoms with E-state index in [0.717, 1.165) is 30.2 Å². The van der Waals surface area contributed by atoms with Crippen molar-refractivity contribution in [1.82, 2.24) is 19.2 Å². The van der Waals surface area contributed by atoms with E-state index in [1.54, 1.807) is 13.1 Å². The van der Waals surface area contributed by atoms with E-state index in [9.17, 15) is 13.6 Å². The third-order valence-electron chi connectivity index (χ3n) is 6.64. The zero-order valence-electron chi connectivity index (χ0n) is 19.5. The van der Waals surface area contributed by atoms with Gasteiger partial charge in [0.25, 0.3) is 5.56 Å². The lowest BCUT2D eigenvalue weighted by molar-refractivity contribution is -0.0174. The van der Waals surface area contributed by atoms with Crippen LogP contribution in [0.1, 0.15) is 43.2 Å². The normalized spacial score (nSPS) is 20.5. The van der Waals surface area contributed by atoms with Gasteiger partial charge >= 0.3 is 0 Å². The van der Waals surface area contributed by atoms with Crippen LogP contribution in [0.4, 0.5) is 14.5 Å². The van der Waals surface area contributed by atoms with Gasteiger partial charge in [-0.15, -0.1) is 0 Å². The van der Waals surface area contributed by atoms with Crippen molar-refractivity contribution in [3.05, 3.63) is 82.2 Å². The summed E-state index contributed by atoms with van der Waals surface area (Å²) in [6, 6.07) is 7.18. The Morgan fingerprint density at radius 3 is 2.66 bits per heavy atom. The van der Waals surface area contributed by atoms with Crippen molar-refractivity contribution >= 4 is 11.3 Å². The van der Waals surface area contributed by atoms with Gasteiger partial charge in [-0.3, -0.25) is 13.9 Å². The number of anilines is 1. The number of hydrogen-bond donors (Lipinski definition) is 0. The fourth-order valence-electron chi connectivity index (χ4n) is 4.79. The number of halogens is 2. The van der Waals surface area contributed by atoms with Crippen molar-refractivity contribution in [1.29, 1.82) is 0 Å². The molecule has 1 saturated carbocycles. The van der Waals surface area contributed by atoms with Gasteiger partial charge in [0.2, 0.25) is 0 Å². The zero-order valence-corrected chi connectivity index (χ0v) is 19.5. The first-order chi connectivity index (χ1) is 16.9. The number of ether oxygens (including phenoxy) is 1. The number of nitrogens with zero attached hydrogens (tertiary/aromatic N) is 5. The van der Waals surface area contributed by atoms with Crippen LogP contribution in [0.15, 0.2) is 53.7 Å². The summed E-state index contributed by atoms with van der Waals surface area (Å²) in [7, 11) is 0. The first-order valence-electron chi connectivity index (χ1n) is 11.8. The van der Waals surface area contributed by atoms with Crippen molar-refractivity contribution in [3.8, 4) is 11.1 Å². The minimum atomic E-state index is -0.708. The van der Waals surface area contributed by atoms with E-state index in [-0.39, 0.29) is 23.3 Å². The predicted molar refractivity (Wildman–Crippen MR) is 128 cm³/mol. The lowest BCUT2D eigenvalue weighted by Gasteiger charge is -2.38. The van der Waals surface area contributed by atoms with Gasteiger partial charge in [-0.1, -0.05) is 0 Å². The standard InChI is InChI=1S/C26H25F2N5O2/c1-15-7-25(34)32-13-20(9-22(26(32)30-15)21-6-3-18(27)8-23(21)28)31-11-16(2)35-24(14-31)17-10-29-33(12-17)19-4-5-19/h3,6-10,12-13,16,19,24H,4-5,11,14H2,1-2H3. The van der Waals surface area contributed by atoms with E-state index in [2.05, 4.69) is 21.2 Å². The lowest BCUT2D eigenvalue weighted by Crippen LogP contribution is -2.43. The second-order valence-corrected chi connectivity index (χ2v) is 9.49.